The van der Waals surface area contributed by atoms with E-state index in [1.54, 1.807) is 11.3 Å². The largest absolute Gasteiger partial charge is 0.488 e. The van der Waals surface area contributed by atoms with Crippen LogP contribution in [0.4, 0.5) is 5.82 Å². The van der Waals surface area contributed by atoms with Crippen LogP contribution < -0.4 is 15.2 Å². The third kappa shape index (κ3) is 4.52. The molecular weight excluding hydrogens is 470 g/mol. The third-order valence-electron chi connectivity index (χ3n) is 6.55. The van der Waals surface area contributed by atoms with E-state index in [-0.39, 0.29) is 0 Å². The van der Waals surface area contributed by atoms with Crippen LogP contribution in [-0.4, -0.2) is 19.7 Å². The zero-order valence-corrected chi connectivity index (χ0v) is 20.9. The van der Waals surface area contributed by atoms with E-state index in [9.17, 15) is 0 Å². The van der Waals surface area contributed by atoms with Crippen molar-refractivity contribution in [2.24, 2.45) is 0 Å². The van der Waals surface area contributed by atoms with Gasteiger partial charge in [0.05, 0.1) is 11.4 Å². The van der Waals surface area contributed by atoms with Gasteiger partial charge in [0.2, 0.25) is 0 Å². The molecule has 0 unspecified atom stereocenters. The van der Waals surface area contributed by atoms with Gasteiger partial charge < -0.3 is 15.2 Å². The number of hydrogen-bond acceptors (Lipinski definition) is 7. The second kappa shape index (κ2) is 9.62. The van der Waals surface area contributed by atoms with Gasteiger partial charge >= 0.3 is 0 Å². The molecule has 3 aromatic heterocycles. The van der Waals surface area contributed by atoms with Gasteiger partial charge in [0, 0.05) is 21.7 Å². The lowest BCUT2D eigenvalue weighted by Crippen LogP contribution is -2.01. The van der Waals surface area contributed by atoms with Crippen LogP contribution in [0, 0.1) is 6.92 Å². The number of nitrogens with zero attached hydrogens (tertiary/aromatic N) is 4. The summed E-state index contributed by atoms with van der Waals surface area (Å²) in [5, 5.41) is 4.95. The number of aromatic nitrogens is 4. The number of aryl methyl sites for hydroxylation is 1. The van der Waals surface area contributed by atoms with Crippen molar-refractivity contribution in [3.63, 3.8) is 0 Å². The molecule has 0 amide bonds. The van der Waals surface area contributed by atoms with E-state index >= 15 is 0 Å². The molecule has 0 atom stereocenters. The predicted octanol–water partition coefficient (Wildman–Crippen LogP) is 6.80. The number of benzene rings is 2. The van der Waals surface area contributed by atoms with Crippen molar-refractivity contribution in [2.45, 2.75) is 45.1 Å². The maximum absolute atomic E-state index is 6.27. The van der Waals surface area contributed by atoms with Gasteiger partial charge in [0.15, 0.2) is 5.82 Å². The number of thiophene rings is 1. The molecule has 0 radical (unpaired) electrons. The number of nitrogens with two attached hydrogens (primary N) is 1. The summed E-state index contributed by atoms with van der Waals surface area (Å²) < 4.78 is 13.9. The Labute approximate surface area is 213 Å². The van der Waals surface area contributed by atoms with Crippen molar-refractivity contribution in [2.75, 3.05) is 5.73 Å². The third-order valence-corrected chi connectivity index (χ3v) is 7.53. The molecular formula is C28H27N5O2S. The lowest BCUT2D eigenvalue weighted by molar-refractivity contribution is 0.308. The number of fused-ring (bicyclic) bond motifs is 1. The van der Waals surface area contributed by atoms with E-state index in [0.29, 0.717) is 24.1 Å². The molecule has 1 fully saturated rings. The van der Waals surface area contributed by atoms with Crippen LogP contribution in [-0.2, 0) is 6.61 Å². The smallest absolute Gasteiger partial charge is 0.153 e. The number of ether oxygens (including phenoxy) is 2. The van der Waals surface area contributed by atoms with E-state index in [0.717, 1.165) is 46.8 Å². The van der Waals surface area contributed by atoms with Gasteiger partial charge in [-0.2, -0.15) is 5.10 Å². The van der Waals surface area contributed by atoms with Crippen LogP contribution >= 0.6 is 11.3 Å². The highest BCUT2D eigenvalue weighted by atomic mass is 32.1. The first kappa shape index (κ1) is 22.5. The Morgan fingerprint density at radius 3 is 2.56 bits per heavy atom. The van der Waals surface area contributed by atoms with Gasteiger partial charge in [-0.25, -0.2) is 14.6 Å². The number of rotatable bonds is 7. The zero-order chi connectivity index (χ0) is 24.5. The molecule has 0 bridgehead atoms. The topological polar surface area (TPSA) is 88.1 Å². The molecule has 0 spiro atoms. The molecule has 6 rings (SSSR count). The quantitative estimate of drug-likeness (QED) is 0.266. The van der Waals surface area contributed by atoms with Gasteiger partial charge in [0.1, 0.15) is 41.2 Å². The normalized spacial score (nSPS) is 13.9. The average molecular weight is 498 g/mol. The monoisotopic (exact) mass is 497 g/mol. The molecule has 0 aliphatic heterocycles. The molecule has 0 saturated heterocycles. The van der Waals surface area contributed by atoms with Gasteiger partial charge in [-0.05, 0) is 68.3 Å². The summed E-state index contributed by atoms with van der Waals surface area (Å²) >= 11 is 1.74. The molecule has 1 saturated carbocycles. The van der Waals surface area contributed by atoms with Crippen LogP contribution in [0.3, 0.4) is 0 Å². The first-order valence-corrected chi connectivity index (χ1v) is 13.0. The van der Waals surface area contributed by atoms with Crippen molar-refractivity contribution in [3.05, 3.63) is 82.4 Å². The maximum Gasteiger partial charge on any atom is 0.153 e. The summed E-state index contributed by atoms with van der Waals surface area (Å²) in [7, 11) is 0. The first-order valence-electron chi connectivity index (χ1n) is 12.2. The summed E-state index contributed by atoms with van der Waals surface area (Å²) in [5.74, 6) is 3.07. The standard InChI is InChI=1S/C28H27N5O2S/c1-18-9-14-24(36-18)16-34-22-7-4-8-23(15-22)35-21-12-10-20(11-13-21)33-27-26(30-17-31-28(27)29)25(32-33)19-5-2-3-6-19/h4,7-15,17,19H,2-3,5-6,16H2,1H3,(H2,29,30,31). The maximum atomic E-state index is 6.27. The van der Waals surface area contributed by atoms with Crippen molar-refractivity contribution in [1.82, 2.24) is 19.7 Å². The molecule has 2 aromatic carbocycles. The highest BCUT2D eigenvalue weighted by Crippen LogP contribution is 2.38. The predicted molar refractivity (Wildman–Crippen MR) is 142 cm³/mol. The fourth-order valence-corrected chi connectivity index (χ4v) is 5.59. The molecule has 36 heavy (non-hydrogen) atoms. The average Bonchev–Trinajstić information content (AvgIpc) is 3.64. The Morgan fingerprint density at radius 1 is 0.972 bits per heavy atom. The van der Waals surface area contributed by atoms with Crippen molar-refractivity contribution in [1.29, 1.82) is 0 Å². The fourth-order valence-electron chi connectivity index (χ4n) is 4.79. The molecule has 1 aliphatic carbocycles. The Balaban J connectivity index is 1.22. The van der Waals surface area contributed by atoms with Crippen LogP contribution in [0.15, 0.2) is 67.0 Å². The SMILES string of the molecule is Cc1ccc(COc2cccc(Oc3ccc(-n4nc(C5CCCC5)c5ncnc(N)c54)cc3)c2)s1. The number of anilines is 1. The summed E-state index contributed by atoms with van der Waals surface area (Å²) in [4.78, 5) is 11.2. The zero-order valence-electron chi connectivity index (χ0n) is 20.1. The molecule has 182 valence electrons. The molecule has 5 aromatic rings. The molecule has 2 N–H and O–H groups in total. The Hall–Kier alpha value is -3.91. The minimum absolute atomic E-state index is 0.420. The first-order chi connectivity index (χ1) is 17.6. The van der Waals surface area contributed by atoms with Crippen molar-refractivity contribution in [3.8, 4) is 22.9 Å². The van der Waals surface area contributed by atoms with Gasteiger partial charge in [0.25, 0.3) is 0 Å². The van der Waals surface area contributed by atoms with Gasteiger partial charge in [-0.15, -0.1) is 11.3 Å². The molecule has 3 heterocycles. The second-order valence-corrected chi connectivity index (χ2v) is 10.5. The van der Waals surface area contributed by atoms with Crippen LogP contribution in [0.1, 0.15) is 47.0 Å². The minimum Gasteiger partial charge on any atom is -0.488 e. The Bertz CT molecular complexity index is 1500. The van der Waals surface area contributed by atoms with E-state index in [1.165, 1.54) is 28.9 Å². The second-order valence-electron chi connectivity index (χ2n) is 9.11. The summed E-state index contributed by atoms with van der Waals surface area (Å²) in [5.41, 5.74) is 9.79. The molecule has 1 aliphatic rings. The van der Waals surface area contributed by atoms with Crippen LogP contribution in [0.2, 0.25) is 0 Å². The summed E-state index contributed by atoms with van der Waals surface area (Å²) in [6.45, 7) is 2.64. The lowest BCUT2D eigenvalue weighted by atomic mass is 10.0. The van der Waals surface area contributed by atoms with Crippen LogP contribution in [0.5, 0.6) is 17.2 Å². The summed E-state index contributed by atoms with van der Waals surface area (Å²) in [6, 6.07) is 19.7. The lowest BCUT2D eigenvalue weighted by Gasteiger charge is -2.10. The van der Waals surface area contributed by atoms with Gasteiger partial charge in [-0.3, -0.25) is 0 Å². The van der Waals surface area contributed by atoms with E-state index < -0.39 is 0 Å². The van der Waals surface area contributed by atoms with E-state index in [2.05, 4.69) is 29.0 Å². The molecule has 7 nitrogen and oxygen atoms in total. The Morgan fingerprint density at radius 2 is 1.78 bits per heavy atom. The van der Waals surface area contributed by atoms with E-state index in [1.807, 2.05) is 53.2 Å². The Kier molecular flexibility index (Phi) is 6.03. The van der Waals surface area contributed by atoms with E-state index in [4.69, 9.17) is 20.3 Å². The number of hydrogen-bond donors (Lipinski definition) is 1. The summed E-state index contributed by atoms with van der Waals surface area (Å²) in [6.07, 6.45) is 6.26. The van der Waals surface area contributed by atoms with Crippen LogP contribution in [0.25, 0.3) is 16.7 Å². The van der Waals surface area contributed by atoms with Crippen molar-refractivity contribution >= 4 is 28.2 Å². The fraction of sp³-hybridized carbons (Fsp3) is 0.250. The number of nitrogen functional groups attached to an aromatic ring is 1. The minimum atomic E-state index is 0.420. The highest BCUT2D eigenvalue weighted by Gasteiger charge is 2.25. The van der Waals surface area contributed by atoms with Crippen molar-refractivity contribution < 1.29 is 9.47 Å². The van der Waals surface area contributed by atoms with Gasteiger partial charge in [-0.1, -0.05) is 18.9 Å². The molecule has 8 heteroatoms. The highest BCUT2D eigenvalue weighted by molar-refractivity contribution is 7.11.